The standard InChI is InChI=1S/C13H14N2O2S/c16-13(17)11-2-1-3-12-14-10(8-15(11)12)9-4-6-18-7-5-9/h1-3,8-9H,4-7H2,(H,16,17). The van der Waals surface area contributed by atoms with Gasteiger partial charge in [-0.3, -0.25) is 4.40 Å². The molecule has 0 saturated carbocycles. The number of imidazole rings is 1. The van der Waals surface area contributed by atoms with E-state index in [9.17, 15) is 4.79 Å². The summed E-state index contributed by atoms with van der Waals surface area (Å²) >= 11 is 1.98. The number of carboxylic acid groups (broad SMARTS) is 1. The van der Waals surface area contributed by atoms with Crippen molar-refractivity contribution in [3.8, 4) is 0 Å². The molecule has 4 nitrogen and oxygen atoms in total. The highest BCUT2D eigenvalue weighted by atomic mass is 32.2. The van der Waals surface area contributed by atoms with Crippen LogP contribution in [0, 0.1) is 0 Å². The molecular weight excluding hydrogens is 248 g/mol. The van der Waals surface area contributed by atoms with Crippen LogP contribution in [0.2, 0.25) is 0 Å². The minimum atomic E-state index is -0.913. The molecule has 1 saturated heterocycles. The Kier molecular flexibility index (Phi) is 2.99. The zero-order valence-corrected chi connectivity index (χ0v) is 10.7. The van der Waals surface area contributed by atoms with Gasteiger partial charge in [0.15, 0.2) is 0 Å². The van der Waals surface area contributed by atoms with Crippen molar-refractivity contribution in [3.05, 3.63) is 35.8 Å². The highest BCUT2D eigenvalue weighted by Crippen LogP contribution is 2.31. The van der Waals surface area contributed by atoms with Gasteiger partial charge in [0.05, 0.1) is 5.69 Å². The molecule has 0 aliphatic carbocycles. The van der Waals surface area contributed by atoms with E-state index in [0.29, 0.717) is 5.92 Å². The highest BCUT2D eigenvalue weighted by molar-refractivity contribution is 7.99. The maximum absolute atomic E-state index is 11.1. The summed E-state index contributed by atoms with van der Waals surface area (Å²) in [6, 6.07) is 5.21. The summed E-state index contributed by atoms with van der Waals surface area (Å²) in [5, 5.41) is 9.15. The fraction of sp³-hybridized carbons (Fsp3) is 0.385. The molecule has 5 heteroatoms. The van der Waals surface area contributed by atoms with Crippen molar-refractivity contribution < 1.29 is 9.90 Å². The van der Waals surface area contributed by atoms with E-state index in [-0.39, 0.29) is 5.69 Å². The van der Waals surface area contributed by atoms with Gasteiger partial charge in [-0.15, -0.1) is 0 Å². The van der Waals surface area contributed by atoms with Crippen molar-refractivity contribution in [2.45, 2.75) is 18.8 Å². The third kappa shape index (κ3) is 1.99. The summed E-state index contributed by atoms with van der Waals surface area (Å²) in [4.78, 5) is 15.7. The fourth-order valence-electron chi connectivity index (χ4n) is 2.39. The molecule has 1 fully saturated rings. The first kappa shape index (κ1) is 11.6. The van der Waals surface area contributed by atoms with Gasteiger partial charge in [0.2, 0.25) is 0 Å². The minimum Gasteiger partial charge on any atom is -0.477 e. The van der Waals surface area contributed by atoms with Gasteiger partial charge in [-0.1, -0.05) is 6.07 Å². The SMILES string of the molecule is O=C(O)c1cccc2nc(C3CCSCC3)cn12. The first-order chi connectivity index (χ1) is 8.75. The number of aromatic nitrogens is 2. The molecule has 94 valence electrons. The number of carbonyl (C=O) groups is 1. The van der Waals surface area contributed by atoms with Crippen LogP contribution in [0.25, 0.3) is 5.65 Å². The van der Waals surface area contributed by atoms with Gasteiger partial charge in [0, 0.05) is 12.1 Å². The Hall–Kier alpha value is -1.49. The van der Waals surface area contributed by atoms with Crippen molar-refractivity contribution in [2.24, 2.45) is 0 Å². The third-order valence-corrected chi connectivity index (χ3v) is 4.42. The maximum atomic E-state index is 11.1. The summed E-state index contributed by atoms with van der Waals surface area (Å²) in [5.74, 6) is 1.91. The number of fused-ring (bicyclic) bond motifs is 1. The lowest BCUT2D eigenvalue weighted by Gasteiger charge is -2.18. The highest BCUT2D eigenvalue weighted by Gasteiger charge is 2.19. The van der Waals surface area contributed by atoms with E-state index in [1.54, 1.807) is 16.5 Å². The van der Waals surface area contributed by atoms with Crippen LogP contribution in [0.15, 0.2) is 24.4 Å². The van der Waals surface area contributed by atoms with Gasteiger partial charge in [-0.2, -0.15) is 11.8 Å². The van der Waals surface area contributed by atoms with E-state index in [1.165, 1.54) is 11.5 Å². The lowest BCUT2D eigenvalue weighted by atomic mass is 10.00. The summed E-state index contributed by atoms with van der Waals surface area (Å²) in [7, 11) is 0. The second-order valence-electron chi connectivity index (χ2n) is 4.50. The Labute approximate surface area is 109 Å². The van der Waals surface area contributed by atoms with Crippen molar-refractivity contribution >= 4 is 23.4 Å². The number of thioether (sulfide) groups is 1. The van der Waals surface area contributed by atoms with Crippen LogP contribution in [0.4, 0.5) is 0 Å². The van der Waals surface area contributed by atoms with Gasteiger partial charge in [0.1, 0.15) is 11.3 Å². The zero-order chi connectivity index (χ0) is 12.5. The molecule has 1 aliphatic heterocycles. The zero-order valence-electron chi connectivity index (χ0n) is 9.87. The number of rotatable bonds is 2. The predicted octanol–water partition coefficient (Wildman–Crippen LogP) is 2.64. The van der Waals surface area contributed by atoms with Gasteiger partial charge < -0.3 is 5.11 Å². The summed E-state index contributed by atoms with van der Waals surface area (Å²) < 4.78 is 1.68. The number of nitrogens with zero attached hydrogens (tertiary/aromatic N) is 2. The molecule has 3 rings (SSSR count). The Balaban J connectivity index is 2.04. The average molecular weight is 262 g/mol. The Bertz CT molecular complexity index is 588. The molecule has 2 aromatic rings. The molecule has 0 radical (unpaired) electrons. The molecule has 1 N–H and O–H groups in total. The maximum Gasteiger partial charge on any atom is 0.352 e. The quantitative estimate of drug-likeness (QED) is 0.904. The predicted molar refractivity (Wildman–Crippen MR) is 71.5 cm³/mol. The van der Waals surface area contributed by atoms with Gasteiger partial charge >= 0.3 is 5.97 Å². The van der Waals surface area contributed by atoms with Crippen molar-refractivity contribution in [1.29, 1.82) is 0 Å². The minimum absolute atomic E-state index is 0.274. The van der Waals surface area contributed by atoms with Gasteiger partial charge in [-0.25, -0.2) is 9.78 Å². The molecule has 3 heterocycles. The van der Waals surface area contributed by atoms with Crippen LogP contribution in [0.3, 0.4) is 0 Å². The van der Waals surface area contributed by atoms with Gasteiger partial charge in [0.25, 0.3) is 0 Å². The topological polar surface area (TPSA) is 54.6 Å². The van der Waals surface area contributed by atoms with Crippen LogP contribution < -0.4 is 0 Å². The third-order valence-electron chi connectivity index (χ3n) is 3.37. The van der Waals surface area contributed by atoms with Crippen LogP contribution in [0.5, 0.6) is 0 Å². The Morgan fingerprint density at radius 1 is 1.39 bits per heavy atom. The number of hydrogen-bond donors (Lipinski definition) is 1. The lowest BCUT2D eigenvalue weighted by molar-refractivity contribution is 0.0689. The number of aromatic carboxylic acids is 1. The Morgan fingerprint density at radius 3 is 2.89 bits per heavy atom. The summed E-state index contributed by atoms with van der Waals surface area (Å²) in [6.45, 7) is 0. The number of pyridine rings is 1. The normalized spacial score (nSPS) is 17.1. The average Bonchev–Trinajstić information content (AvgIpc) is 2.83. The monoisotopic (exact) mass is 262 g/mol. The van der Waals surface area contributed by atoms with Crippen LogP contribution in [0.1, 0.15) is 34.9 Å². The molecular formula is C13H14N2O2S. The number of carboxylic acids is 1. The van der Waals surface area contributed by atoms with Crippen LogP contribution in [-0.4, -0.2) is 32.0 Å². The molecule has 0 unspecified atom stereocenters. The first-order valence-corrected chi connectivity index (χ1v) is 7.20. The molecule has 0 atom stereocenters. The first-order valence-electron chi connectivity index (χ1n) is 6.05. The second-order valence-corrected chi connectivity index (χ2v) is 5.72. The lowest BCUT2D eigenvalue weighted by Crippen LogP contribution is -2.08. The van der Waals surface area contributed by atoms with E-state index in [1.807, 2.05) is 24.0 Å². The van der Waals surface area contributed by atoms with Crippen LogP contribution in [-0.2, 0) is 0 Å². The van der Waals surface area contributed by atoms with Crippen molar-refractivity contribution in [1.82, 2.24) is 9.38 Å². The smallest absolute Gasteiger partial charge is 0.352 e. The number of hydrogen-bond acceptors (Lipinski definition) is 3. The Morgan fingerprint density at radius 2 is 2.17 bits per heavy atom. The van der Waals surface area contributed by atoms with Crippen LogP contribution >= 0.6 is 11.8 Å². The van der Waals surface area contributed by atoms with E-state index in [4.69, 9.17) is 5.11 Å². The van der Waals surface area contributed by atoms with Crippen molar-refractivity contribution in [3.63, 3.8) is 0 Å². The van der Waals surface area contributed by atoms with E-state index in [0.717, 1.165) is 24.2 Å². The summed E-state index contributed by atoms with van der Waals surface area (Å²) in [5.41, 5.74) is 2.03. The largest absolute Gasteiger partial charge is 0.477 e. The summed E-state index contributed by atoms with van der Waals surface area (Å²) in [6.07, 6.45) is 4.16. The molecule has 18 heavy (non-hydrogen) atoms. The molecule has 0 spiro atoms. The second kappa shape index (κ2) is 4.65. The molecule has 1 aliphatic rings. The molecule has 2 aromatic heterocycles. The van der Waals surface area contributed by atoms with Gasteiger partial charge in [-0.05, 0) is 36.5 Å². The molecule has 0 amide bonds. The molecule has 0 bridgehead atoms. The fourth-order valence-corrected chi connectivity index (χ4v) is 3.50. The van der Waals surface area contributed by atoms with E-state index in [2.05, 4.69) is 4.98 Å². The van der Waals surface area contributed by atoms with E-state index >= 15 is 0 Å². The molecule has 0 aromatic carbocycles. The van der Waals surface area contributed by atoms with Crippen molar-refractivity contribution in [2.75, 3.05) is 11.5 Å². The van der Waals surface area contributed by atoms with E-state index < -0.39 is 5.97 Å².